The third kappa shape index (κ3) is 3.52. The molecule has 1 amide bonds. The van der Waals surface area contributed by atoms with Gasteiger partial charge in [0.25, 0.3) is 0 Å². The highest BCUT2D eigenvalue weighted by molar-refractivity contribution is 7.92. The number of amides is 1. The molecule has 3 atom stereocenters. The van der Waals surface area contributed by atoms with E-state index in [9.17, 15) is 13.2 Å². The van der Waals surface area contributed by atoms with E-state index < -0.39 is 9.84 Å². The Labute approximate surface area is 153 Å². The van der Waals surface area contributed by atoms with E-state index in [-0.39, 0.29) is 35.3 Å². The molecule has 1 N–H and O–H groups in total. The van der Waals surface area contributed by atoms with Gasteiger partial charge in [0, 0.05) is 50.4 Å². The maximum atomic E-state index is 12.6. The van der Waals surface area contributed by atoms with E-state index in [0.717, 1.165) is 38.3 Å². The van der Waals surface area contributed by atoms with Gasteiger partial charge in [-0.05, 0) is 19.8 Å². The number of hydrogen-bond donors (Lipinski definition) is 1. The Balaban J connectivity index is 1.41. The minimum atomic E-state index is -3.18. The molecule has 0 unspecified atom stereocenters. The number of likely N-dealkylation sites (tertiary alicyclic amines) is 1. The standard InChI is InChI=1S/C17H25N3O5S/c1-11-6-13(25-19-11)7-17(21)18-15-10-26(22,23)16-9-20(8-14(15)16)12-2-4-24-5-3-12/h6,12,14-16H,2-5,7-10H2,1H3,(H,18,21)/t14-,15+,16-/m0/s1. The number of aryl methyl sites for hydroxylation is 1. The Morgan fingerprint density at radius 3 is 2.81 bits per heavy atom. The van der Waals surface area contributed by atoms with E-state index in [2.05, 4.69) is 15.4 Å². The smallest absolute Gasteiger partial charge is 0.227 e. The summed E-state index contributed by atoms with van der Waals surface area (Å²) in [4.78, 5) is 14.6. The van der Waals surface area contributed by atoms with Crippen molar-refractivity contribution in [2.75, 3.05) is 32.1 Å². The van der Waals surface area contributed by atoms with Gasteiger partial charge >= 0.3 is 0 Å². The molecular formula is C17H25N3O5S. The number of aromatic nitrogens is 1. The van der Waals surface area contributed by atoms with Crippen LogP contribution < -0.4 is 5.32 Å². The van der Waals surface area contributed by atoms with Crippen LogP contribution in [0.15, 0.2) is 10.6 Å². The number of rotatable bonds is 4. The van der Waals surface area contributed by atoms with Crippen molar-refractivity contribution in [2.24, 2.45) is 5.92 Å². The highest BCUT2D eigenvalue weighted by Gasteiger charge is 2.53. The molecule has 0 aromatic carbocycles. The number of hydrogen-bond acceptors (Lipinski definition) is 7. The van der Waals surface area contributed by atoms with Crippen LogP contribution in [0.5, 0.6) is 0 Å². The van der Waals surface area contributed by atoms with E-state index in [1.54, 1.807) is 13.0 Å². The van der Waals surface area contributed by atoms with Gasteiger partial charge in [-0.25, -0.2) is 8.42 Å². The van der Waals surface area contributed by atoms with Crippen LogP contribution in [0.4, 0.5) is 0 Å². The minimum Gasteiger partial charge on any atom is -0.381 e. The summed E-state index contributed by atoms with van der Waals surface area (Å²) in [6, 6.07) is 1.78. The number of ether oxygens (including phenoxy) is 1. The van der Waals surface area contributed by atoms with Crippen LogP contribution in [0.3, 0.4) is 0 Å². The predicted octanol–water partition coefficient (Wildman–Crippen LogP) is -0.0819. The van der Waals surface area contributed by atoms with Crippen LogP contribution in [-0.2, 0) is 25.8 Å². The van der Waals surface area contributed by atoms with Crippen LogP contribution in [0.1, 0.15) is 24.3 Å². The van der Waals surface area contributed by atoms with Crippen LogP contribution in [0, 0.1) is 12.8 Å². The van der Waals surface area contributed by atoms with Crippen molar-refractivity contribution in [1.82, 2.24) is 15.4 Å². The summed E-state index contributed by atoms with van der Waals surface area (Å²) < 4.78 is 35.7. The lowest BCUT2D eigenvalue weighted by Crippen LogP contribution is -2.44. The number of carbonyl (C=O) groups is 1. The molecule has 4 rings (SSSR count). The Kier molecular flexibility index (Phi) is 4.79. The summed E-state index contributed by atoms with van der Waals surface area (Å²) in [7, 11) is -3.18. The number of carbonyl (C=O) groups excluding carboxylic acids is 1. The number of sulfone groups is 1. The Morgan fingerprint density at radius 1 is 1.35 bits per heavy atom. The van der Waals surface area contributed by atoms with E-state index >= 15 is 0 Å². The first-order valence-corrected chi connectivity index (χ1v) is 10.9. The highest BCUT2D eigenvalue weighted by Crippen LogP contribution is 2.36. The van der Waals surface area contributed by atoms with Gasteiger partial charge < -0.3 is 14.6 Å². The van der Waals surface area contributed by atoms with Crippen molar-refractivity contribution in [3.8, 4) is 0 Å². The molecule has 26 heavy (non-hydrogen) atoms. The third-order valence-electron chi connectivity index (χ3n) is 5.79. The van der Waals surface area contributed by atoms with Crippen molar-refractivity contribution >= 4 is 15.7 Å². The second-order valence-corrected chi connectivity index (χ2v) is 9.88. The van der Waals surface area contributed by atoms with Crippen LogP contribution >= 0.6 is 0 Å². The van der Waals surface area contributed by atoms with Crippen molar-refractivity contribution in [3.63, 3.8) is 0 Å². The lowest BCUT2D eigenvalue weighted by atomic mass is 10.00. The monoisotopic (exact) mass is 383 g/mol. The van der Waals surface area contributed by atoms with E-state index in [4.69, 9.17) is 9.26 Å². The molecule has 0 aliphatic carbocycles. The summed E-state index contributed by atoms with van der Waals surface area (Å²) in [5.74, 6) is 0.271. The molecule has 0 bridgehead atoms. The quantitative estimate of drug-likeness (QED) is 0.776. The molecule has 0 saturated carbocycles. The molecule has 9 heteroatoms. The second-order valence-electron chi connectivity index (χ2n) is 7.61. The summed E-state index contributed by atoms with van der Waals surface area (Å²) in [6.45, 7) is 4.56. The molecule has 8 nitrogen and oxygen atoms in total. The van der Waals surface area contributed by atoms with Gasteiger partial charge in [0.15, 0.2) is 9.84 Å². The zero-order valence-electron chi connectivity index (χ0n) is 14.9. The zero-order valence-corrected chi connectivity index (χ0v) is 15.7. The van der Waals surface area contributed by atoms with Crippen molar-refractivity contribution in [3.05, 3.63) is 17.5 Å². The maximum Gasteiger partial charge on any atom is 0.227 e. The normalized spacial score (nSPS) is 31.8. The van der Waals surface area contributed by atoms with E-state index in [0.29, 0.717) is 18.3 Å². The predicted molar refractivity (Wildman–Crippen MR) is 93.4 cm³/mol. The fraction of sp³-hybridized carbons (Fsp3) is 0.765. The lowest BCUT2D eigenvalue weighted by Gasteiger charge is -2.32. The summed E-state index contributed by atoms with van der Waals surface area (Å²) in [5.41, 5.74) is 0.721. The van der Waals surface area contributed by atoms with Crippen molar-refractivity contribution in [2.45, 2.75) is 43.5 Å². The molecule has 3 aliphatic heterocycles. The van der Waals surface area contributed by atoms with Crippen molar-refractivity contribution in [1.29, 1.82) is 0 Å². The SMILES string of the molecule is Cc1cc(CC(=O)N[C@@H]2CS(=O)(=O)[C@H]3CN(C4CCOCC4)C[C@@H]23)on1. The van der Waals surface area contributed by atoms with Gasteiger partial charge in [-0.3, -0.25) is 9.69 Å². The molecule has 144 valence electrons. The number of fused-ring (bicyclic) bond motifs is 1. The Morgan fingerprint density at radius 2 is 2.12 bits per heavy atom. The summed E-state index contributed by atoms with van der Waals surface area (Å²) in [6.07, 6.45) is 1.97. The van der Waals surface area contributed by atoms with Crippen LogP contribution in [0.2, 0.25) is 0 Å². The largest absolute Gasteiger partial charge is 0.381 e. The molecule has 0 radical (unpaired) electrons. The maximum absolute atomic E-state index is 12.6. The highest BCUT2D eigenvalue weighted by atomic mass is 32.2. The third-order valence-corrected chi connectivity index (χ3v) is 8.04. The molecule has 1 aromatic rings. The molecule has 1 aromatic heterocycles. The van der Waals surface area contributed by atoms with Gasteiger partial charge in [0.2, 0.25) is 5.91 Å². The Hall–Kier alpha value is -1.45. The first-order valence-electron chi connectivity index (χ1n) is 9.17. The lowest BCUT2D eigenvalue weighted by molar-refractivity contribution is -0.121. The first kappa shape index (κ1) is 17.9. The topological polar surface area (TPSA) is 102 Å². The summed E-state index contributed by atoms with van der Waals surface area (Å²) in [5, 5.41) is 6.33. The van der Waals surface area contributed by atoms with Crippen LogP contribution in [0.25, 0.3) is 0 Å². The molecule has 3 fully saturated rings. The first-order chi connectivity index (χ1) is 12.4. The minimum absolute atomic E-state index is 0.0329. The fourth-order valence-corrected chi connectivity index (χ4v) is 6.81. The number of nitrogens with one attached hydrogen (secondary N) is 1. The zero-order chi connectivity index (χ0) is 18.3. The van der Waals surface area contributed by atoms with Crippen LogP contribution in [-0.4, -0.2) is 73.8 Å². The average Bonchev–Trinajstić information content (AvgIpc) is 3.26. The molecule has 3 aliphatic rings. The van der Waals surface area contributed by atoms with Gasteiger partial charge in [-0.2, -0.15) is 0 Å². The van der Waals surface area contributed by atoms with Crippen molar-refractivity contribution < 1.29 is 22.5 Å². The molecular weight excluding hydrogens is 358 g/mol. The van der Waals surface area contributed by atoms with E-state index in [1.165, 1.54) is 0 Å². The average molecular weight is 383 g/mol. The Bertz CT molecular complexity index is 771. The van der Waals surface area contributed by atoms with Gasteiger partial charge in [-0.1, -0.05) is 5.16 Å². The molecule has 0 spiro atoms. The molecule has 3 saturated heterocycles. The van der Waals surface area contributed by atoms with Gasteiger partial charge in [-0.15, -0.1) is 0 Å². The summed E-state index contributed by atoms with van der Waals surface area (Å²) >= 11 is 0. The van der Waals surface area contributed by atoms with Gasteiger partial charge in [0.05, 0.1) is 23.1 Å². The van der Waals surface area contributed by atoms with E-state index in [1.807, 2.05) is 0 Å². The number of nitrogens with zero attached hydrogens (tertiary/aromatic N) is 2. The molecule has 4 heterocycles. The van der Waals surface area contributed by atoms with Gasteiger partial charge in [0.1, 0.15) is 5.76 Å². The second kappa shape index (κ2) is 6.94. The fourth-order valence-electron chi connectivity index (χ4n) is 4.51.